The van der Waals surface area contributed by atoms with E-state index < -0.39 is 0 Å². The van der Waals surface area contributed by atoms with Gasteiger partial charge in [-0.1, -0.05) is 30.3 Å². The number of amides is 1. The van der Waals surface area contributed by atoms with Crippen molar-refractivity contribution in [2.24, 2.45) is 0 Å². The van der Waals surface area contributed by atoms with Crippen LogP contribution in [0.4, 0.5) is 10.1 Å². The first kappa shape index (κ1) is 13.6. The molecule has 0 aliphatic carbocycles. The third kappa shape index (κ3) is 2.75. The predicted molar refractivity (Wildman–Crippen MR) is 80.1 cm³/mol. The molecule has 2 N–H and O–H groups in total. The third-order valence-electron chi connectivity index (χ3n) is 3.96. The molecule has 1 aliphatic rings. The highest BCUT2D eigenvalue weighted by Gasteiger charge is 2.22. The number of anilines is 1. The van der Waals surface area contributed by atoms with Gasteiger partial charge in [-0.3, -0.25) is 4.79 Å². The molecule has 108 valence electrons. The Morgan fingerprint density at radius 3 is 2.81 bits per heavy atom. The first-order chi connectivity index (χ1) is 10.1. The average Bonchev–Trinajstić information content (AvgIpc) is 2.50. The molecule has 3 nitrogen and oxygen atoms in total. The van der Waals surface area contributed by atoms with E-state index in [1.54, 1.807) is 23.1 Å². The summed E-state index contributed by atoms with van der Waals surface area (Å²) < 4.78 is 13.6. The van der Waals surface area contributed by atoms with Crippen LogP contribution in [-0.4, -0.2) is 17.4 Å². The second-order valence-corrected chi connectivity index (χ2v) is 5.32. The Bertz CT molecular complexity index is 684. The second kappa shape index (κ2) is 5.56. The summed E-state index contributed by atoms with van der Waals surface area (Å²) in [6.07, 6.45) is 0.887. The molecule has 2 aromatic carbocycles. The van der Waals surface area contributed by atoms with E-state index in [0.717, 1.165) is 17.7 Å². The highest BCUT2D eigenvalue weighted by Crippen LogP contribution is 2.24. The highest BCUT2D eigenvalue weighted by molar-refractivity contribution is 5.79. The van der Waals surface area contributed by atoms with E-state index in [1.165, 1.54) is 11.6 Å². The number of nitrogens with zero attached hydrogens (tertiary/aromatic N) is 1. The number of rotatable bonds is 2. The van der Waals surface area contributed by atoms with Crippen LogP contribution in [0.5, 0.6) is 0 Å². The van der Waals surface area contributed by atoms with Crippen molar-refractivity contribution in [3.05, 3.63) is 65.0 Å². The molecule has 3 rings (SSSR count). The summed E-state index contributed by atoms with van der Waals surface area (Å²) in [6, 6.07) is 12.2. The minimum Gasteiger partial charge on any atom is -0.398 e. The summed E-state index contributed by atoms with van der Waals surface area (Å²) in [5.74, 6) is -0.392. The molecule has 0 saturated carbocycles. The van der Waals surface area contributed by atoms with Gasteiger partial charge in [0.2, 0.25) is 5.91 Å². The van der Waals surface area contributed by atoms with Crippen molar-refractivity contribution in [2.45, 2.75) is 19.4 Å². The Balaban J connectivity index is 1.76. The van der Waals surface area contributed by atoms with E-state index in [4.69, 9.17) is 5.73 Å². The fraction of sp³-hybridized carbons (Fsp3) is 0.235. The van der Waals surface area contributed by atoms with E-state index in [-0.39, 0.29) is 18.1 Å². The van der Waals surface area contributed by atoms with Crippen molar-refractivity contribution < 1.29 is 9.18 Å². The number of carbonyl (C=O) groups is 1. The normalized spacial score (nSPS) is 13.9. The van der Waals surface area contributed by atoms with Gasteiger partial charge < -0.3 is 10.6 Å². The molecule has 1 aliphatic heterocycles. The molecule has 4 heteroatoms. The van der Waals surface area contributed by atoms with Gasteiger partial charge in [-0.2, -0.15) is 0 Å². The van der Waals surface area contributed by atoms with Crippen LogP contribution in [0.3, 0.4) is 0 Å². The molecule has 1 heterocycles. The lowest BCUT2D eigenvalue weighted by Gasteiger charge is -2.30. The fourth-order valence-electron chi connectivity index (χ4n) is 2.74. The standard InChI is InChI=1S/C17H17FN2O/c18-15-6-2-1-4-13(15)10-17(21)20-9-8-12-5-3-7-16(19)14(12)11-20/h1-7H,8-11,19H2. The van der Waals surface area contributed by atoms with Gasteiger partial charge in [0.25, 0.3) is 0 Å². The van der Waals surface area contributed by atoms with Gasteiger partial charge in [0.15, 0.2) is 0 Å². The zero-order chi connectivity index (χ0) is 14.8. The summed E-state index contributed by atoms with van der Waals surface area (Å²) in [6.45, 7) is 1.17. The van der Waals surface area contributed by atoms with E-state index in [0.29, 0.717) is 18.7 Å². The summed E-state index contributed by atoms with van der Waals surface area (Å²) in [7, 11) is 0. The SMILES string of the molecule is Nc1cccc2c1CN(C(=O)Cc1ccccc1F)CC2. The predicted octanol–water partition coefficient (Wildman–Crippen LogP) is 2.54. The van der Waals surface area contributed by atoms with Crippen LogP contribution in [-0.2, 0) is 24.2 Å². The maximum atomic E-state index is 13.6. The Morgan fingerprint density at radius 1 is 1.19 bits per heavy atom. The quantitative estimate of drug-likeness (QED) is 0.861. The number of fused-ring (bicyclic) bond motifs is 1. The third-order valence-corrected chi connectivity index (χ3v) is 3.96. The zero-order valence-corrected chi connectivity index (χ0v) is 11.7. The van der Waals surface area contributed by atoms with Gasteiger partial charge in [0, 0.05) is 18.8 Å². The highest BCUT2D eigenvalue weighted by atomic mass is 19.1. The second-order valence-electron chi connectivity index (χ2n) is 5.32. The van der Waals surface area contributed by atoms with Crippen molar-refractivity contribution in [3.63, 3.8) is 0 Å². The van der Waals surface area contributed by atoms with E-state index in [9.17, 15) is 9.18 Å². The average molecular weight is 284 g/mol. The summed E-state index contributed by atoms with van der Waals surface area (Å²) in [5.41, 5.74) is 9.36. The molecule has 0 atom stereocenters. The topological polar surface area (TPSA) is 46.3 Å². The van der Waals surface area contributed by atoms with Crippen molar-refractivity contribution in [1.82, 2.24) is 4.90 Å². The first-order valence-electron chi connectivity index (χ1n) is 7.02. The molecule has 0 bridgehead atoms. The Kier molecular flexibility index (Phi) is 3.60. The monoisotopic (exact) mass is 284 g/mol. The first-order valence-corrected chi connectivity index (χ1v) is 7.02. The van der Waals surface area contributed by atoms with Crippen LogP contribution in [0.2, 0.25) is 0 Å². The summed E-state index contributed by atoms with van der Waals surface area (Å²) in [4.78, 5) is 14.1. The van der Waals surface area contributed by atoms with Crippen LogP contribution in [0.15, 0.2) is 42.5 Å². The van der Waals surface area contributed by atoms with Crippen LogP contribution >= 0.6 is 0 Å². The van der Waals surface area contributed by atoms with Crippen molar-refractivity contribution >= 4 is 11.6 Å². The van der Waals surface area contributed by atoms with Gasteiger partial charge in [0.1, 0.15) is 5.82 Å². The lowest BCUT2D eigenvalue weighted by molar-refractivity contribution is -0.131. The minimum atomic E-state index is -0.331. The molecule has 0 aromatic heterocycles. The Hall–Kier alpha value is -2.36. The number of nitrogen functional groups attached to an aromatic ring is 1. The number of halogens is 1. The maximum Gasteiger partial charge on any atom is 0.227 e. The lowest BCUT2D eigenvalue weighted by atomic mass is 9.97. The van der Waals surface area contributed by atoms with Crippen LogP contribution in [0.1, 0.15) is 16.7 Å². The molecule has 0 spiro atoms. The molecular weight excluding hydrogens is 267 g/mol. The van der Waals surface area contributed by atoms with Crippen LogP contribution < -0.4 is 5.73 Å². The lowest BCUT2D eigenvalue weighted by Crippen LogP contribution is -2.37. The van der Waals surface area contributed by atoms with E-state index in [2.05, 4.69) is 0 Å². The molecule has 0 radical (unpaired) electrons. The smallest absolute Gasteiger partial charge is 0.227 e. The number of hydrogen-bond acceptors (Lipinski definition) is 2. The summed E-state index contributed by atoms with van der Waals surface area (Å²) >= 11 is 0. The van der Waals surface area contributed by atoms with Gasteiger partial charge in [-0.25, -0.2) is 4.39 Å². The summed E-state index contributed by atoms with van der Waals surface area (Å²) in [5, 5.41) is 0. The van der Waals surface area contributed by atoms with Gasteiger partial charge in [-0.05, 0) is 35.2 Å². The maximum absolute atomic E-state index is 13.6. The molecular formula is C17H17FN2O. The molecule has 0 unspecified atom stereocenters. The minimum absolute atomic E-state index is 0.0611. The van der Waals surface area contributed by atoms with E-state index >= 15 is 0 Å². The van der Waals surface area contributed by atoms with Crippen LogP contribution in [0, 0.1) is 5.82 Å². The van der Waals surface area contributed by atoms with Gasteiger partial charge in [0.05, 0.1) is 6.42 Å². The van der Waals surface area contributed by atoms with Crippen molar-refractivity contribution in [1.29, 1.82) is 0 Å². The number of carbonyl (C=O) groups excluding carboxylic acids is 1. The molecule has 21 heavy (non-hydrogen) atoms. The molecule has 0 fully saturated rings. The fourth-order valence-corrected chi connectivity index (χ4v) is 2.74. The molecule has 2 aromatic rings. The number of nitrogens with two attached hydrogens (primary N) is 1. The Morgan fingerprint density at radius 2 is 2.00 bits per heavy atom. The van der Waals surface area contributed by atoms with Crippen LogP contribution in [0.25, 0.3) is 0 Å². The Labute approximate surface area is 123 Å². The van der Waals surface area contributed by atoms with Gasteiger partial charge >= 0.3 is 0 Å². The molecule has 1 amide bonds. The largest absolute Gasteiger partial charge is 0.398 e. The number of hydrogen-bond donors (Lipinski definition) is 1. The molecule has 0 saturated heterocycles. The van der Waals surface area contributed by atoms with Crippen molar-refractivity contribution in [2.75, 3.05) is 12.3 Å². The van der Waals surface area contributed by atoms with E-state index in [1.807, 2.05) is 18.2 Å². The van der Waals surface area contributed by atoms with Crippen molar-refractivity contribution in [3.8, 4) is 0 Å². The zero-order valence-electron chi connectivity index (χ0n) is 11.7. The van der Waals surface area contributed by atoms with Gasteiger partial charge in [-0.15, -0.1) is 0 Å². The number of benzene rings is 2.